The van der Waals surface area contributed by atoms with Crippen LogP contribution < -0.4 is 4.74 Å². The van der Waals surface area contributed by atoms with Crippen LogP contribution in [0.5, 0.6) is 5.75 Å². The van der Waals surface area contributed by atoms with Crippen LogP contribution in [0.2, 0.25) is 0 Å². The maximum atomic E-state index is 9.19. The first-order chi connectivity index (χ1) is 7.19. The summed E-state index contributed by atoms with van der Waals surface area (Å²) in [6, 6.07) is 6.23. The Morgan fingerprint density at radius 1 is 1.47 bits per heavy atom. The number of nitrogens with zero attached hydrogens (tertiary/aromatic N) is 1. The highest BCUT2D eigenvalue weighted by Gasteiger charge is 2.24. The second kappa shape index (κ2) is 4.21. The first kappa shape index (κ1) is 10.5. The van der Waals surface area contributed by atoms with Gasteiger partial charge in [0.25, 0.3) is 0 Å². The molecule has 0 bridgehead atoms. The monoisotopic (exact) mass is 207 g/mol. The Labute approximate surface area is 90.3 Å². The van der Waals surface area contributed by atoms with E-state index in [9.17, 15) is 5.11 Å². The molecule has 1 aromatic carbocycles. The first-order valence-electron chi connectivity index (χ1n) is 5.23. The summed E-state index contributed by atoms with van der Waals surface area (Å²) < 4.78 is 5.33. The SMILES string of the molecule is COc1cc(C)ccc1CN1CC(O)C1. The number of ether oxygens (including phenoxy) is 1. The van der Waals surface area contributed by atoms with Crippen molar-refractivity contribution >= 4 is 0 Å². The molecule has 1 saturated heterocycles. The van der Waals surface area contributed by atoms with Crippen LogP contribution in [0.1, 0.15) is 11.1 Å². The molecule has 1 heterocycles. The van der Waals surface area contributed by atoms with Crippen LogP contribution >= 0.6 is 0 Å². The second-order valence-corrected chi connectivity index (χ2v) is 4.16. The number of likely N-dealkylation sites (tertiary alicyclic amines) is 1. The third kappa shape index (κ3) is 2.30. The van der Waals surface area contributed by atoms with E-state index in [0.717, 1.165) is 25.4 Å². The van der Waals surface area contributed by atoms with E-state index in [-0.39, 0.29) is 6.10 Å². The summed E-state index contributed by atoms with van der Waals surface area (Å²) in [5.41, 5.74) is 2.40. The Kier molecular flexibility index (Phi) is 2.93. The predicted molar refractivity (Wildman–Crippen MR) is 59.0 cm³/mol. The normalized spacial score (nSPS) is 17.5. The average molecular weight is 207 g/mol. The molecule has 3 nitrogen and oxygen atoms in total. The van der Waals surface area contributed by atoms with Gasteiger partial charge in [0.05, 0.1) is 13.2 Å². The quantitative estimate of drug-likeness (QED) is 0.808. The van der Waals surface area contributed by atoms with Crippen molar-refractivity contribution in [3.05, 3.63) is 29.3 Å². The number of aliphatic hydroxyl groups excluding tert-OH is 1. The highest BCUT2D eigenvalue weighted by Crippen LogP contribution is 2.23. The zero-order valence-corrected chi connectivity index (χ0v) is 9.23. The summed E-state index contributed by atoms with van der Waals surface area (Å²) in [5.74, 6) is 0.941. The van der Waals surface area contributed by atoms with E-state index in [4.69, 9.17) is 4.74 Å². The van der Waals surface area contributed by atoms with Crippen LogP contribution in [0.4, 0.5) is 0 Å². The van der Waals surface area contributed by atoms with E-state index < -0.39 is 0 Å². The van der Waals surface area contributed by atoms with Gasteiger partial charge >= 0.3 is 0 Å². The highest BCUT2D eigenvalue weighted by molar-refractivity contribution is 5.37. The molecule has 1 aromatic rings. The van der Waals surface area contributed by atoms with Crippen LogP contribution in [0, 0.1) is 6.92 Å². The van der Waals surface area contributed by atoms with E-state index in [2.05, 4.69) is 24.0 Å². The lowest BCUT2D eigenvalue weighted by atomic mass is 10.1. The topological polar surface area (TPSA) is 32.7 Å². The number of methoxy groups -OCH3 is 1. The van der Waals surface area contributed by atoms with Gasteiger partial charge in [0.2, 0.25) is 0 Å². The van der Waals surface area contributed by atoms with Crippen LogP contribution in [-0.4, -0.2) is 36.3 Å². The average Bonchev–Trinajstić information content (AvgIpc) is 2.18. The Balaban J connectivity index is 2.07. The molecule has 1 aliphatic rings. The molecule has 82 valence electrons. The standard InChI is InChI=1S/C12H17NO2/c1-9-3-4-10(12(5-9)15-2)6-13-7-11(14)8-13/h3-5,11,14H,6-8H2,1-2H3. The van der Waals surface area contributed by atoms with Gasteiger partial charge in [-0.25, -0.2) is 0 Å². The van der Waals surface area contributed by atoms with E-state index >= 15 is 0 Å². The van der Waals surface area contributed by atoms with Gasteiger partial charge < -0.3 is 9.84 Å². The van der Waals surface area contributed by atoms with E-state index in [1.54, 1.807) is 7.11 Å². The number of aliphatic hydroxyl groups is 1. The summed E-state index contributed by atoms with van der Waals surface area (Å²) in [6.07, 6.45) is -0.138. The summed E-state index contributed by atoms with van der Waals surface area (Å²) in [7, 11) is 1.70. The van der Waals surface area contributed by atoms with Crippen molar-refractivity contribution in [2.45, 2.75) is 19.6 Å². The van der Waals surface area contributed by atoms with Crippen molar-refractivity contribution in [3.63, 3.8) is 0 Å². The van der Waals surface area contributed by atoms with Gasteiger partial charge in [0, 0.05) is 25.2 Å². The maximum absolute atomic E-state index is 9.19. The number of hydrogen-bond donors (Lipinski definition) is 1. The Morgan fingerprint density at radius 3 is 2.80 bits per heavy atom. The fourth-order valence-corrected chi connectivity index (χ4v) is 1.90. The summed E-state index contributed by atoms with van der Waals surface area (Å²) in [5, 5.41) is 9.19. The molecule has 15 heavy (non-hydrogen) atoms. The molecule has 1 N–H and O–H groups in total. The van der Waals surface area contributed by atoms with E-state index in [0.29, 0.717) is 0 Å². The third-order valence-corrected chi connectivity index (χ3v) is 2.77. The Hall–Kier alpha value is -1.06. The van der Waals surface area contributed by atoms with Crippen molar-refractivity contribution in [2.75, 3.05) is 20.2 Å². The molecular formula is C12H17NO2. The lowest BCUT2D eigenvalue weighted by molar-refractivity contribution is -0.00321. The minimum absolute atomic E-state index is 0.138. The van der Waals surface area contributed by atoms with Gasteiger partial charge in [0.15, 0.2) is 0 Å². The zero-order valence-electron chi connectivity index (χ0n) is 9.23. The van der Waals surface area contributed by atoms with Crippen molar-refractivity contribution in [2.24, 2.45) is 0 Å². The molecule has 2 rings (SSSR count). The van der Waals surface area contributed by atoms with Gasteiger partial charge in [-0.05, 0) is 18.6 Å². The van der Waals surface area contributed by atoms with Gasteiger partial charge in [-0.2, -0.15) is 0 Å². The fraction of sp³-hybridized carbons (Fsp3) is 0.500. The lowest BCUT2D eigenvalue weighted by Gasteiger charge is -2.36. The Morgan fingerprint density at radius 2 is 2.20 bits per heavy atom. The molecule has 0 radical (unpaired) electrons. The van der Waals surface area contributed by atoms with E-state index in [1.165, 1.54) is 11.1 Å². The van der Waals surface area contributed by atoms with Gasteiger partial charge in [-0.1, -0.05) is 12.1 Å². The lowest BCUT2D eigenvalue weighted by Crippen LogP contribution is -2.49. The Bertz CT molecular complexity index is 345. The largest absolute Gasteiger partial charge is 0.496 e. The molecule has 0 aliphatic carbocycles. The maximum Gasteiger partial charge on any atom is 0.123 e. The van der Waals surface area contributed by atoms with E-state index in [1.807, 2.05) is 6.07 Å². The van der Waals surface area contributed by atoms with Crippen molar-refractivity contribution in [1.29, 1.82) is 0 Å². The molecule has 0 unspecified atom stereocenters. The molecule has 3 heteroatoms. The fourth-order valence-electron chi connectivity index (χ4n) is 1.90. The molecular weight excluding hydrogens is 190 g/mol. The first-order valence-corrected chi connectivity index (χ1v) is 5.23. The summed E-state index contributed by atoms with van der Waals surface area (Å²) in [4.78, 5) is 2.21. The predicted octanol–water partition coefficient (Wildman–Crippen LogP) is 1.18. The third-order valence-electron chi connectivity index (χ3n) is 2.77. The minimum atomic E-state index is -0.138. The molecule has 0 spiro atoms. The number of β-amino-alcohol motifs (C(OH)–C–C–N with tert-alkyl or cyclic N) is 1. The zero-order chi connectivity index (χ0) is 10.8. The van der Waals surface area contributed by atoms with Crippen LogP contribution in [-0.2, 0) is 6.54 Å². The molecule has 1 fully saturated rings. The number of benzene rings is 1. The van der Waals surface area contributed by atoms with Gasteiger partial charge in [0.1, 0.15) is 5.75 Å². The second-order valence-electron chi connectivity index (χ2n) is 4.16. The van der Waals surface area contributed by atoms with Gasteiger partial charge in [-0.3, -0.25) is 4.90 Å². The van der Waals surface area contributed by atoms with Crippen molar-refractivity contribution < 1.29 is 9.84 Å². The summed E-state index contributed by atoms with van der Waals surface area (Å²) >= 11 is 0. The minimum Gasteiger partial charge on any atom is -0.496 e. The van der Waals surface area contributed by atoms with Crippen LogP contribution in [0.25, 0.3) is 0 Å². The van der Waals surface area contributed by atoms with Crippen LogP contribution in [0.15, 0.2) is 18.2 Å². The molecule has 0 atom stereocenters. The number of rotatable bonds is 3. The molecule has 0 aromatic heterocycles. The molecule has 1 aliphatic heterocycles. The summed E-state index contributed by atoms with van der Waals surface area (Å²) in [6.45, 7) is 4.47. The van der Waals surface area contributed by atoms with Crippen molar-refractivity contribution in [3.8, 4) is 5.75 Å². The van der Waals surface area contributed by atoms with Crippen LogP contribution in [0.3, 0.4) is 0 Å². The highest BCUT2D eigenvalue weighted by atomic mass is 16.5. The number of aryl methyl sites for hydroxylation is 1. The molecule has 0 saturated carbocycles. The van der Waals surface area contributed by atoms with Crippen molar-refractivity contribution in [1.82, 2.24) is 4.90 Å². The number of hydrogen-bond acceptors (Lipinski definition) is 3. The molecule has 0 amide bonds. The smallest absolute Gasteiger partial charge is 0.123 e. The van der Waals surface area contributed by atoms with Gasteiger partial charge in [-0.15, -0.1) is 0 Å².